The lowest BCUT2D eigenvalue weighted by atomic mass is 10.1. The van der Waals surface area contributed by atoms with Crippen LogP contribution in [0.5, 0.6) is 0 Å². The monoisotopic (exact) mass is 234 g/mol. The Morgan fingerprint density at radius 1 is 1.25 bits per heavy atom. The van der Waals surface area contributed by atoms with Crippen LogP contribution in [0.2, 0.25) is 5.02 Å². The molecule has 2 aromatic rings. The van der Waals surface area contributed by atoms with Gasteiger partial charge in [-0.05, 0) is 18.2 Å². The molecule has 0 amide bonds. The third-order valence-electron chi connectivity index (χ3n) is 2.05. The van der Waals surface area contributed by atoms with E-state index in [0.29, 0.717) is 16.3 Å². The van der Waals surface area contributed by atoms with Crippen LogP contribution in [0.4, 0.5) is 5.69 Å². The number of halogens is 1. The van der Waals surface area contributed by atoms with E-state index in [4.69, 9.17) is 11.6 Å². The minimum atomic E-state index is -0.474. The van der Waals surface area contributed by atoms with Gasteiger partial charge in [-0.3, -0.25) is 15.1 Å². The predicted octanol–water partition coefficient (Wildman–Crippen LogP) is 3.31. The van der Waals surface area contributed by atoms with Crippen LogP contribution in [0.3, 0.4) is 0 Å². The summed E-state index contributed by atoms with van der Waals surface area (Å²) in [5, 5.41) is 11.0. The number of nitrogens with zero attached hydrogens (tertiary/aromatic N) is 2. The Balaban J connectivity index is 2.54. The van der Waals surface area contributed by atoms with Crippen LogP contribution in [0.25, 0.3) is 11.3 Å². The summed E-state index contributed by atoms with van der Waals surface area (Å²) >= 11 is 5.81. The Bertz CT molecular complexity index is 529. The molecule has 1 heterocycles. The van der Waals surface area contributed by atoms with E-state index in [9.17, 15) is 10.1 Å². The van der Waals surface area contributed by atoms with Crippen molar-refractivity contribution in [1.82, 2.24) is 4.98 Å². The Morgan fingerprint density at radius 3 is 2.69 bits per heavy atom. The van der Waals surface area contributed by atoms with Crippen molar-refractivity contribution in [2.45, 2.75) is 0 Å². The van der Waals surface area contributed by atoms with Crippen molar-refractivity contribution in [3.8, 4) is 11.3 Å². The zero-order valence-corrected chi connectivity index (χ0v) is 8.89. The molecule has 0 fully saturated rings. The lowest BCUT2D eigenvalue weighted by Gasteiger charge is -2.01. The van der Waals surface area contributed by atoms with Gasteiger partial charge in [0.2, 0.25) is 0 Å². The van der Waals surface area contributed by atoms with Crippen LogP contribution in [-0.4, -0.2) is 9.91 Å². The summed E-state index contributed by atoms with van der Waals surface area (Å²) in [7, 11) is 0. The minimum Gasteiger partial charge on any atom is -0.258 e. The zero-order chi connectivity index (χ0) is 11.5. The normalized spacial score (nSPS) is 10.1. The quantitative estimate of drug-likeness (QED) is 0.592. The number of aromatic nitrogens is 1. The maximum Gasteiger partial charge on any atom is 0.271 e. The van der Waals surface area contributed by atoms with Gasteiger partial charge in [0, 0.05) is 28.9 Å². The lowest BCUT2D eigenvalue weighted by Crippen LogP contribution is -1.89. The van der Waals surface area contributed by atoms with Gasteiger partial charge in [-0.15, -0.1) is 0 Å². The molecule has 0 aliphatic rings. The zero-order valence-electron chi connectivity index (χ0n) is 8.13. The number of hydrogen-bond acceptors (Lipinski definition) is 3. The average Bonchev–Trinajstić information content (AvgIpc) is 2.29. The first-order valence-corrected chi connectivity index (χ1v) is 4.91. The number of benzene rings is 1. The number of rotatable bonds is 2. The molecule has 1 aromatic carbocycles. The summed E-state index contributed by atoms with van der Waals surface area (Å²) in [6, 6.07) is 9.78. The second kappa shape index (κ2) is 4.28. The van der Waals surface area contributed by atoms with Crippen LogP contribution in [0.15, 0.2) is 42.6 Å². The number of pyridine rings is 1. The molecule has 80 valence electrons. The third-order valence-corrected chi connectivity index (χ3v) is 2.27. The van der Waals surface area contributed by atoms with E-state index in [1.54, 1.807) is 24.4 Å². The van der Waals surface area contributed by atoms with E-state index >= 15 is 0 Å². The maximum atomic E-state index is 10.7. The maximum absolute atomic E-state index is 10.7. The molecule has 2 rings (SSSR count). The van der Waals surface area contributed by atoms with E-state index in [-0.39, 0.29) is 5.69 Å². The Labute approximate surface area is 96.7 Å². The molecule has 0 atom stereocenters. The molecule has 0 saturated heterocycles. The molecule has 5 heteroatoms. The molecular weight excluding hydrogens is 228 g/mol. The molecule has 0 aliphatic carbocycles. The lowest BCUT2D eigenvalue weighted by molar-refractivity contribution is -0.384. The molecule has 16 heavy (non-hydrogen) atoms. The summed E-state index contributed by atoms with van der Waals surface area (Å²) in [5.74, 6) is 0. The minimum absolute atomic E-state index is 0.0341. The van der Waals surface area contributed by atoms with Gasteiger partial charge in [0.1, 0.15) is 0 Å². The Morgan fingerprint density at radius 2 is 2.06 bits per heavy atom. The van der Waals surface area contributed by atoms with Gasteiger partial charge in [-0.1, -0.05) is 17.7 Å². The highest BCUT2D eigenvalue weighted by Gasteiger charge is 2.10. The summed E-state index contributed by atoms with van der Waals surface area (Å²) in [5.41, 5.74) is 1.26. The van der Waals surface area contributed by atoms with Crippen molar-refractivity contribution in [3.63, 3.8) is 0 Å². The van der Waals surface area contributed by atoms with Crippen molar-refractivity contribution in [2.75, 3.05) is 0 Å². The van der Waals surface area contributed by atoms with E-state index in [1.807, 2.05) is 6.07 Å². The van der Waals surface area contributed by atoms with Gasteiger partial charge in [0.25, 0.3) is 5.69 Å². The summed E-state index contributed by atoms with van der Waals surface area (Å²) in [6.07, 6.45) is 1.63. The van der Waals surface area contributed by atoms with Crippen LogP contribution < -0.4 is 0 Å². The first kappa shape index (κ1) is 10.6. The molecule has 0 spiro atoms. The summed E-state index contributed by atoms with van der Waals surface area (Å²) in [6.45, 7) is 0. The van der Waals surface area contributed by atoms with E-state index in [1.165, 1.54) is 12.1 Å². The van der Waals surface area contributed by atoms with Crippen molar-refractivity contribution in [1.29, 1.82) is 0 Å². The van der Waals surface area contributed by atoms with Gasteiger partial charge >= 0.3 is 0 Å². The van der Waals surface area contributed by atoms with Gasteiger partial charge in [-0.2, -0.15) is 0 Å². The fourth-order valence-electron chi connectivity index (χ4n) is 1.36. The van der Waals surface area contributed by atoms with Crippen LogP contribution in [0, 0.1) is 10.1 Å². The number of nitro groups is 1. The molecule has 0 unspecified atom stereocenters. The highest BCUT2D eigenvalue weighted by atomic mass is 35.5. The first-order chi connectivity index (χ1) is 7.66. The number of nitro benzene ring substituents is 1. The van der Waals surface area contributed by atoms with Crippen LogP contribution >= 0.6 is 11.6 Å². The van der Waals surface area contributed by atoms with Crippen LogP contribution in [-0.2, 0) is 0 Å². The van der Waals surface area contributed by atoms with Gasteiger partial charge in [0.05, 0.1) is 10.6 Å². The molecule has 0 bridgehead atoms. The molecular formula is C11H7ClN2O2. The molecule has 0 saturated carbocycles. The second-order valence-electron chi connectivity index (χ2n) is 3.17. The van der Waals surface area contributed by atoms with Crippen molar-refractivity contribution < 1.29 is 4.92 Å². The van der Waals surface area contributed by atoms with Gasteiger partial charge < -0.3 is 0 Å². The van der Waals surface area contributed by atoms with Gasteiger partial charge in [-0.25, -0.2) is 0 Å². The van der Waals surface area contributed by atoms with Crippen molar-refractivity contribution in [3.05, 3.63) is 57.7 Å². The highest BCUT2D eigenvalue weighted by molar-refractivity contribution is 6.31. The molecule has 0 aliphatic heterocycles. The fraction of sp³-hybridized carbons (Fsp3) is 0. The average molecular weight is 235 g/mol. The smallest absolute Gasteiger partial charge is 0.258 e. The topological polar surface area (TPSA) is 56.0 Å². The highest BCUT2D eigenvalue weighted by Crippen LogP contribution is 2.26. The van der Waals surface area contributed by atoms with E-state index in [0.717, 1.165) is 0 Å². The predicted molar refractivity (Wildman–Crippen MR) is 61.3 cm³/mol. The number of hydrogen-bond donors (Lipinski definition) is 0. The summed E-state index contributed by atoms with van der Waals surface area (Å²) < 4.78 is 0. The number of non-ortho nitro benzene ring substituents is 1. The SMILES string of the molecule is O=[N+]([O-])c1cc(Cl)cc(-c2ccccn2)c1. The van der Waals surface area contributed by atoms with E-state index in [2.05, 4.69) is 4.98 Å². The Hall–Kier alpha value is -1.94. The molecule has 4 nitrogen and oxygen atoms in total. The van der Waals surface area contributed by atoms with Crippen LogP contribution in [0.1, 0.15) is 0 Å². The molecule has 1 aromatic heterocycles. The second-order valence-corrected chi connectivity index (χ2v) is 3.61. The Kier molecular flexibility index (Phi) is 2.83. The molecule has 0 N–H and O–H groups in total. The first-order valence-electron chi connectivity index (χ1n) is 4.53. The molecule has 0 radical (unpaired) electrons. The fourth-order valence-corrected chi connectivity index (χ4v) is 1.59. The largest absolute Gasteiger partial charge is 0.271 e. The third kappa shape index (κ3) is 2.17. The standard InChI is InChI=1S/C11H7ClN2O2/c12-9-5-8(6-10(7-9)14(15)16)11-3-1-2-4-13-11/h1-7H. The summed E-state index contributed by atoms with van der Waals surface area (Å²) in [4.78, 5) is 14.3. The van der Waals surface area contributed by atoms with E-state index < -0.39 is 4.92 Å². The van der Waals surface area contributed by atoms with Gasteiger partial charge in [0.15, 0.2) is 0 Å². The van der Waals surface area contributed by atoms with Crippen molar-refractivity contribution in [2.24, 2.45) is 0 Å². The van der Waals surface area contributed by atoms with Crippen molar-refractivity contribution >= 4 is 17.3 Å².